The van der Waals surface area contributed by atoms with Gasteiger partial charge in [0.05, 0.1) is 20.3 Å². The number of hydrogen-bond acceptors (Lipinski definition) is 3. The molecule has 1 unspecified atom stereocenters. The molecule has 0 saturated carbocycles. The van der Waals surface area contributed by atoms with Crippen LogP contribution in [0.3, 0.4) is 0 Å². The van der Waals surface area contributed by atoms with Gasteiger partial charge in [0, 0.05) is 18.9 Å². The van der Waals surface area contributed by atoms with Crippen LogP contribution >= 0.6 is 0 Å². The number of carbonyl (C=O) groups excluding carboxylic acids is 1. The number of fused-ring (bicyclic) bond motifs is 1. The quantitative estimate of drug-likeness (QED) is 0.850. The first kappa shape index (κ1) is 17.3. The minimum absolute atomic E-state index is 0.0716. The maximum Gasteiger partial charge on any atom is 0.220 e. The Labute approximate surface area is 149 Å². The molecule has 1 aliphatic rings. The molecular formula is C21H25NO3. The van der Waals surface area contributed by atoms with Gasteiger partial charge in [0.15, 0.2) is 11.5 Å². The van der Waals surface area contributed by atoms with Gasteiger partial charge in [0.25, 0.3) is 0 Å². The minimum Gasteiger partial charge on any atom is -0.493 e. The predicted molar refractivity (Wildman–Crippen MR) is 98.2 cm³/mol. The number of carbonyl (C=O) groups is 1. The van der Waals surface area contributed by atoms with E-state index in [1.807, 2.05) is 29.2 Å². The third kappa shape index (κ3) is 2.97. The summed E-state index contributed by atoms with van der Waals surface area (Å²) < 4.78 is 11.0. The fourth-order valence-corrected chi connectivity index (χ4v) is 3.77. The zero-order valence-electron chi connectivity index (χ0n) is 15.5. The maximum absolute atomic E-state index is 12.4. The van der Waals surface area contributed by atoms with Gasteiger partial charge in [0.2, 0.25) is 5.91 Å². The Kier molecular flexibility index (Phi) is 4.46. The van der Waals surface area contributed by atoms with Gasteiger partial charge in [-0.15, -0.1) is 0 Å². The SMILES string of the molecule is COc1cc2c(cc1OC)C(C)(C)CN(C(C)=O)C2c1ccccc1. The van der Waals surface area contributed by atoms with Gasteiger partial charge in [-0.1, -0.05) is 44.2 Å². The molecular weight excluding hydrogens is 314 g/mol. The molecule has 132 valence electrons. The molecule has 4 nitrogen and oxygen atoms in total. The Hall–Kier alpha value is -2.49. The number of rotatable bonds is 3. The fraction of sp³-hybridized carbons (Fsp3) is 0.381. The second-order valence-corrected chi connectivity index (χ2v) is 7.14. The Morgan fingerprint density at radius 2 is 1.68 bits per heavy atom. The summed E-state index contributed by atoms with van der Waals surface area (Å²) in [6.07, 6.45) is 0. The molecule has 0 radical (unpaired) electrons. The molecule has 2 aromatic rings. The topological polar surface area (TPSA) is 38.8 Å². The van der Waals surface area contributed by atoms with Crippen molar-refractivity contribution in [3.63, 3.8) is 0 Å². The lowest BCUT2D eigenvalue weighted by Crippen LogP contribution is -2.47. The van der Waals surface area contributed by atoms with Crippen LogP contribution in [0, 0.1) is 0 Å². The van der Waals surface area contributed by atoms with Crippen molar-refractivity contribution in [2.24, 2.45) is 0 Å². The van der Waals surface area contributed by atoms with E-state index in [0.717, 1.165) is 16.9 Å². The van der Waals surface area contributed by atoms with Crippen LogP contribution in [0.4, 0.5) is 0 Å². The molecule has 0 spiro atoms. The van der Waals surface area contributed by atoms with Crippen molar-refractivity contribution >= 4 is 5.91 Å². The Balaban J connectivity index is 2.28. The molecule has 2 aromatic carbocycles. The van der Waals surface area contributed by atoms with E-state index in [0.29, 0.717) is 12.3 Å². The third-order valence-corrected chi connectivity index (χ3v) is 4.98. The smallest absolute Gasteiger partial charge is 0.220 e. The summed E-state index contributed by atoms with van der Waals surface area (Å²) in [6.45, 7) is 6.62. The summed E-state index contributed by atoms with van der Waals surface area (Å²) in [5, 5.41) is 0. The molecule has 1 aliphatic heterocycles. The monoisotopic (exact) mass is 339 g/mol. The lowest BCUT2D eigenvalue weighted by Gasteiger charge is -2.45. The molecule has 0 fully saturated rings. The second kappa shape index (κ2) is 6.43. The average Bonchev–Trinajstić information content (AvgIpc) is 2.60. The maximum atomic E-state index is 12.4. The number of ether oxygens (including phenoxy) is 2. The number of amides is 1. The van der Waals surface area contributed by atoms with Crippen LogP contribution < -0.4 is 9.47 Å². The van der Waals surface area contributed by atoms with Crippen molar-refractivity contribution in [2.45, 2.75) is 32.2 Å². The van der Waals surface area contributed by atoms with Gasteiger partial charge >= 0.3 is 0 Å². The summed E-state index contributed by atoms with van der Waals surface area (Å²) in [4.78, 5) is 14.4. The predicted octanol–water partition coefficient (Wildman–Crippen LogP) is 3.93. The number of methoxy groups -OCH3 is 2. The number of benzene rings is 2. The summed E-state index contributed by atoms with van der Waals surface area (Å²) in [6, 6.07) is 14.1. The third-order valence-electron chi connectivity index (χ3n) is 4.98. The van der Waals surface area contributed by atoms with Crippen molar-refractivity contribution in [3.05, 3.63) is 59.2 Å². The van der Waals surface area contributed by atoms with Gasteiger partial charge in [-0.05, 0) is 28.8 Å². The van der Waals surface area contributed by atoms with Crippen LogP contribution in [0.2, 0.25) is 0 Å². The molecule has 4 heteroatoms. The summed E-state index contributed by atoms with van der Waals surface area (Å²) in [7, 11) is 3.29. The zero-order valence-corrected chi connectivity index (χ0v) is 15.5. The van der Waals surface area contributed by atoms with Gasteiger partial charge in [0.1, 0.15) is 0 Å². The summed E-state index contributed by atoms with van der Waals surface area (Å²) in [5.74, 6) is 1.48. The average molecular weight is 339 g/mol. The van der Waals surface area contributed by atoms with E-state index >= 15 is 0 Å². The highest BCUT2D eigenvalue weighted by atomic mass is 16.5. The molecule has 1 heterocycles. The number of hydrogen-bond donors (Lipinski definition) is 0. The van der Waals surface area contributed by atoms with E-state index in [1.54, 1.807) is 21.1 Å². The van der Waals surface area contributed by atoms with Gasteiger partial charge in [-0.3, -0.25) is 4.79 Å². The van der Waals surface area contributed by atoms with Gasteiger partial charge in [-0.25, -0.2) is 0 Å². The lowest BCUT2D eigenvalue weighted by molar-refractivity contribution is -0.132. The first-order chi connectivity index (χ1) is 11.9. The van der Waals surface area contributed by atoms with E-state index in [4.69, 9.17) is 9.47 Å². The molecule has 3 rings (SSSR count). The Morgan fingerprint density at radius 1 is 1.08 bits per heavy atom. The number of nitrogens with zero attached hydrogens (tertiary/aromatic N) is 1. The summed E-state index contributed by atoms with van der Waals surface area (Å²) >= 11 is 0. The first-order valence-corrected chi connectivity index (χ1v) is 8.47. The van der Waals surface area contributed by atoms with Crippen LogP contribution in [0.15, 0.2) is 42.5 Å². The van der Waals surface area contributed by atoms with Gasteiger partial charge in [-0.2, -0.15) is 0 Å². The summed E-state index contributed by atoms with van der Waals surface area (Å²) in [5.41, 5.74) is 3.21. The highest BCUT2D eigenvalue weighted by Gasteiger charge is 2.40. The van der Waals surface area contributed by atoms with Crippen molar-refractivity contribution in [3.8, 4) is 11.5 Å². The van der Waals surface area contributed by atoms with Crippen LogP contribution in [-0.4, -0.2) is 31.6 Å². The normalized spacial score (nSPS) is 18.4. The van der Waals surface area contributed by atoms with Crippen LogP contribution in [0.5, 0.6) is 11.5 Å². The molecule has 1 atom stereocenters. The molecule has 1 amide bonds. The largest absolute Gasteiger partial charge is 0.493 e. The molecule has 0 bridgehead atoms. The van der Waals surface area contributed by atoms with Crippen molar-refractivity contribution < 1.29 is 14.3 Å². The fourth-order valence-electron chi connectivity index (χ4n) is 3.77. The molecule has 0 N–H and O–H groups in total. The van der Waals surface area contributed by atoms with E-state index < -0.39 is 0 Å². The molecule has 0 saturated heterocycles. The van der Waals surface area contributed by atoms with E-state index in [1.165, 1.54) is 5.56 Å². The van der Waals surface area contributed by atoms with Crippen LogP contribution in [0.25, 0.3) is 0 Å². The minimum atomic E-state index is -0.175. The van der Waals surface area contributed by atoms with Crippen LogP contribution in [0.1, 0.15) is 43.5 Å². The lowest BCUT2D eigenvalue weighted by atomic mass is 9.74. The van der Waals surface area contributed by atoms with Crippen molar-refractivity contribution in [2.75, 3.05) is 20.8 Å². The highest BCUT2D eigenvalue weighted by molar-refractivity contribution is 5.76. The van der Waals surface area contributed by atoms with E-state index in [-0.39, 0.29) is 17.4 Å². The molecule has 25 heavy (non-hydrogen) atoms. The highest BCUT2D eigenvalue weighted by Crippen LogP contribution is 2.46. The molecule has 0 aromatic heterocycles. The zero-order chi connectivity index (χ0) is 18.2. The van der Waals surface area contributed by atoms with E-state index in [2.05, 4.69) is 32.0 Å². The Morgan fingerprint density at radius 3 is 2.24 bits per heavy atom. The molecule has 0 aliphatic carbocycles. The standard InChI is InChI=1S/C21H25NO3/c1-14(23)22-13-21(2,3)17-12-19(25-5)18(24-4)11-16(17)20(22)15-9-7-6-8-10-15/h6-12,20H,13H2,1-5H3. The first-order valence-electron chi connectivity index (χ1n) is 8.47. The van der Waals surface area contributed by atoms with Gasteiger partial charge < -0.3 is 14.4 Å². The van der Waals surface area contributed by atoms with E-state index in [9.17, 15) is 4.79 Å². The van der Waals surface area contributed by atoms with Crippen LogP contribution in [-0.2, 0) is 10.2 Å². The van der Waals surface area contributed by atoms with Crippen molar-refractivity contribution in [1.82, 2.24) is 4.90 Å². The second-order valence-electron chi connectivity index (χ2n) is 7.14. The Bertz CT molecular complexity index is 783. The van der Waals surface area contributed by atoms with Crippen molar-refractivity contribution in [1.29, 1.82) is 0 Å².